The number of unbranched alkanes of at least 4 members (excludes halogenated alkanes) is 1. The molecule has 0 saturated heterocycles. The van der Waals surface area contributed by atoms with Crippen LogP contribution in [0.2, 0.25) is 0 Å². The van der Waals surface area contributed by atoms with Gasteiger partial charge in [0, 0.05) is 11.4 Å². The van der Waals surface area contributed by atoms with E-state index >= 15 is 0 Å². The Morgan fingerprint density at radius 2 is 2.10 bits per heavy atom. The number of carbonyl (C=O) groups is 1. The topological polar surface area (TPSA) is 78.6 Å². The molecule has 29 heavy (non-hydrogen) atoms. The Morgan fingerprint density at radius 3 is 2.76 bits per heavy atom. The maximum absolute atomic E-state index is 13.1. The zero-order valence-electron chi connectivity index (χ0n) is 17.1. The summed E-state index contributed by atoms with van der Waals surface area (Å²) in [5, 5.41) is 3.22. The molecule has 7 heteroatoms. The molecule has 0 aliphatic heterocycles. The van der Waals surface area contributed by atoms with Crippen molar-refractivity contribution in [1.82, 2.24) is 4.98 Å². The first-order valence-corrected chi connectivity index (χ1v) is 10.7. The number of carbonyl (C=O) groups excluding carboxylic acids is 1. The minimum atomic E-state index is -0.753. The smallest absolute Gasteiger partial charge is 0.347 e. The monoisotopic (exact) mass is 415 g/mol. The average molecular weight is 416 g/mol. The molecular weight excluding hydrogens is 390 g/mol. The third kappa shape index (κ3) is 4.67. The van der Waals surface area contributed by atoms with E-state index in [9.17, 15) is 9.59 Å². The van der Waals surface area contributed by atoms with Crippen LogP contribution in [0, 0.1) is 6.92 Å². The predicted octanol–water partition coefficient (Wildman–Crippen LogP) is 4.90. The summed E-state index contributed by atoms with van der Waals surface area (Å²) in [5.41, 5.74) is 2.22. The second kappa shape index (κ2) is 9.22. The molecule has 0 fully saturated rings. The van der Waals surface area contributed by atoms with Gasteiger partial charge in [0.15, 0.2) is 6.10 Å². The van der Waals surface area contributed by atoms with Gasteiger partial charge in [-0.05, 0) is 45.2 Å². The van der Waals surface area contributed by atoms with E-state index in [1.165, 1.54) is 17.6 Å². The standard InChI is InChI=1S/C22H25NO5S/c1-5-7-8-15-9-16-20(10-19(15)28-13(3)22(25)26-6-2)27-11-17(21(16)24)18-12-29-14(4)23-18/h9-13H,5-8H2,1-4H3. The van der Waals surface area contributed by atoms with Crippen molar-refractivity contribution in [3.05, 3.63) is 44.6 Å². The van der Waals surface area contributed by atoms with Crippen LogP contribution in [0.25, 0.3) is 22.2 Å². The van der Waals surface area contributed by atoms with Crippen LogP contribution in [0.3, 0.4) is 0 Å². The maximum atomic E-state index is 13.1. The van der Waals surface area contributed by atoms with Crippen LogP contribution >= 0.6 is 11.3 Å². The Hall–Kier alpha value is -2.67. The Labute approximate surface area is 173 Å². The summed E-state index contributed by atoms with van der Waals surface area (Å²) in [7, 11) is 0. The van der Waals surface area contributed by atoms with Gasteiger partial charge in [-0.2, -0.15) is 0 Å². The zero-order valence-corrected chi connectivity index (χ0v) is 17.9. The second-order valence-corrected chi connectivity index (χ2v) is 7.86. The van der Waals surface area contributed by atoms with E-state index in [4.69, 9.17) is 13.9 Å². The molecule has 154 valence electrons. The van der Waals surface area contributed by atoms with E-state index in [-0.39, 0.29) is 5.43 Å². The number of hydrogen-bond donors (Lipinski definition) is 0. The summed E-state index contributed by atoms with van der Waals surface area (Å²) in [6.07, 6.45) is 3.35. The van der Waals surface area contributed by atoms with Crippen LogP contribution in [0.4, 0.5) is 0 Å². The lowest BCUT2D eigenvalue weighted by Crippen LogP contribution is -2.26. The molecule has 3 rings (SSSR count). The molecule has 0 N–H and O–H groups in total. The summed E-state index contributed by atoms with van der Waals surface area (Å²) >= 11 is 1.49. The van der Waals surface area contributed by atoms with Gasteiger partial charge in [0.05, 0.1) is 28.3 Å². The number of aryl methyl sites for hydroxylation is 2. The summed E-state index contributed by atoms with van der Waals surface area (Å²) in [5.74, 6) is 0.108. The summed E-state index contributed by atoms with van der Waals surface area (Å²) in [4.78, 5) is 29.4. The van der Waals surface area contributed by atoms with E-state index in [0.717, 1.165) is 29.8 Å². The highest BCUT2D eigenvalue weighted by Gasteiger charge is 2.20. The first-order valence-electron chi connectivity index (χ1n) is 9.78. The molecule has 2 heterocycles. The molecule has 0 radical (unpaired) electrons. The van der Waals surface area contributed by atoms with Crippen molar-refractivity contribution in [2.45, 2.75) is 53.1 Å². The minimum absolute atomic E-state index is 0.126. The van der Waals surface area contributed by atoms with Crippen molar-refractivity contribution in [3.63, 3.8) is 0 Å². The molecule has 0 aliphatic carbocycles. The lowest BCUT2D eigenvalue weighted by Gasteiger charge is -2.17. The molecule has 0 bridgehead atoms. The fraction of sp³-hybridized carbons (Fsp3) is 0.409. The molecule has 1 atom stereocenters. The number of benzene rings is 1. The third-order valence-corrected chi connectivity index (χ3v) is 5.35. The minimum Gasteiger partial charge on any atom is -0.479 e. The van der Waals surface area contributed by atoms with Crippen molar-refractivity contribution in [2.75, 3.05) is 6.61 Å². The molecule has 2 aromatic heterocycles. The molecule has 6 nitrogen and oxygen atoms in total. The fourth-order valence-electron chi connectivity index (χ4n) is 3.04. The molecular formula is C22H25NO5S. The summed E-state index contributed by atoms with van der Waals surface area (Å²) < 4.78 is 16.6. The van der Waals surface area contributed by atoms with Gasteiger partial charge in [-0.1, -0.05) is 13.3 Å². The van der Waals surface area contributed by atoms with E-state index in [2.05, 4.69) is 11.9 Å². The highest BCUT2D eigenvalue weighted by molar-refractivity contribution is 7.09. The van der Waals surface area contributed by atoms with E-state index in [0.29, 0.717) is 34.6 Å². The van der Waals surface area contributed by atoms with Gasteiger partial charge >= 0.3 is 5.97 Å². The molecule has 1 unspecified atom stereocenters. The highest BCUT2D eigenvalue weighted by Crippen LogP contribution is 2.29. The molecule has 0 saturated carbocycles. The molecule has 3 aromatic rings. The van der Waals surface area contributed by atoms with Crippen LogP contribution in [0.1, 0.15) is 44.2 Å². The summed E-state index contributed by atoms with van der Waals surface area (Å²) in [6.45, 7) is 7.69. The van der Waals surface area contributed by atoms with Crippen LogP contribution in [-0.4, -0.2) is 23.7 Å². The van der Waals surface area contributed by atoms with Gasteiger partial charge in [0.2, 0.25) is 5.43 Å². The quantitative estimate of drug-likeness (QED) is 0.487. The fourth-order valence-corrected chi connectivity index (χ4v) is 3.65. The van der Waals surface area contributed by atoms with Gasteiger partial charge in [0.1, 0.15) is 17.6 Å². The van der Waals surface area contributed by atoms with Gasteiger partial charge in [-0.3, -0.25) is 4.79 Å². The van der Waals surface area contributed by atoms with Crippen molar-refractivity contribution in [1.29, 1.82) is 0 Å². The molecule has 0 amide bonds. The number of ether oxygens (including phenoxy) is 2. The SMILES string of the molecule is CCCCc1cc2c(=O)c(-c3csc(C)n3)coc2cc1OC(C)C(=O)OCC. The Balaban J connectivity index is 2.05. The molecule has 1 aromatic carbocycles. The number of nitrogens with zero attached hydrogens (tertiary/aromatic N) is 1. The second-order valence-electron chi connectivity index (χ2n) is 6.80. The van der Waals surface area contributed by atoms with Gasteiger partial charge in [-0.15, -0.1) is 11.3 Å². The summed E-state index contributed by atoms with van der Waals surface area (Å²) in [6, 6.07) is 3.50. The zero-order chi connectivity index (χ0) is 21.0. The van der Waals surface area contributed by atoms with Gasteiger partial charge in [0.25, 0.3) is 0 Å². The molecule has 0 spiro atoms. The van der Waals surface area contributed by atoms with Gasteiger partial charge < -0.3 is 13.9 Å². The van der Waals surface area contributed by atoms with E-state index in [1.54, 1.807) is 19.9 Å². The van der Waals surface area contributed by atoms with Crippen LogP contribution in [0.5, 0.6) is 5.75 Å². The lowest BCUT2D eigenvalue weighted by molar-refractivity contribution is -0.150. The van der Waals surface area contributed by atoms with E-state index < -0.39 is 12.1 Å². The Bertz CT molecular complexity index is 1070. The number of esters is 1. The van der Waals surface area contributed by atoms with Crippen LogP contribution in [-0.2, 0) is 16.0 Å². The first kappa shape index (κ1) is 21.0. The number of fused-ring (bicyclic) bond motifs is 1. The van der Waals surface area contributed by atoms with Crippen molar-refractivity contribution < 1.29 is 18.7 Å². The number of aromatic nitrogens is 1. The van der Waals surface area contributed by atoms with E-state index in [1.807, 2.05) is 18.4 Å². The van der Waals surface area contributed by atoms with Gasteiger partial charge in [-0.25, -0.2) is 9.78 Å². The highest BCUT2D eigenvalue weighted by atomic mass is 32.1. The van der Waals surface area contributed by atoms with Crippen molar-refractivity contribution >= 4 is 28.3 Å². The van der Waals surface area contributed by atoms with Crippen LogP contribution in [0.15, 0.2) is 33.0 Å². The Kier molecular flexibility index (Phi) is 6.69. The number of thiazole rings is 1. The normalized spacial score (nSPS) is 12.1. The first-order chi connectivity index (χ1) is 13.9. The number of hydrogen-bond acceptors (Lipinski definition) is 7. The molecule has 0 aliphatic rings. The maximum Gasteiger partial charge on any atom is 0.347 e. The van der Waals surface area contributed by atoms with Crippen molar-refractivity contribution in [2.24, 2.45) is 0 Å². The van der Waals surface area contributed by atoms with Crippen LogP contribution < -0.4 is 10.2 Å². The van der Waals surface area contributed by atoms with Crippen molar-refractivity contribution in [3.8, 4) is 17.0 Å². The largest absolute Gasteiger partial charge is 0.479 e. The predicted molar refractivity (Wildman–Crippen MR) is 114 cm³/mol. The average Bonchev–Trinajstić information content (AvgIpc) is 3.13. The number of rotatable bonds is 8. The Morgan fingerprint density at radius 1 is 1.31 bits per heavy atom. The third-order valence-electron chi connectivity index (χ3n) is 4.57. The lowest BCUT2D eigenvalue weighted by atomic mass is 10.0.